The molecule has 0 aliphatic rings. The van der Waals surface area contributed by atoms with Crippen LogP contribution in [0, 0.1) is 18.3 Å². The van der Waals surface area contributed by atoms with Crippen LogP contribution in [0.25, 0.3) is 0 Å². The highest BCUT2D eigenvalue weighted by molar-refractivity contribution is 6.31. The van der Waals surface area contributed by atoms with E-state index in [2.05, 4.69) is 5.32 Å². The van der Waals surface area contributed by atoms with E-state index in [1.807, 2.05) is 6.07 Å². The lowest BCUT2D eigenvalue weighted by molar-refractivity contribution is -0.114. The van der Waals surface area contributed by atoms with Crippen LogP contribution >= 0.6 is 11.6 Å². The van der Waals surface area contributed by atoms with Crippen molar-refractivity contribution in [2.45, 2.75) is 13.8 Å². The zero-order valence-corrected chi connectivity index (χ0v) is 8.64. The second kappa shape index (κ2) is 4.12. The highest BCUT2D eigenvalue weighted by Crippen LogP contribution is 2.26. The molecule has 14 heavy (non-hydrogen) atoms. The van der Waals surface area contributed by atoms with Crippen LogP contribution in [0.2, 0.25) is 5.02 Å². The summed E-state index contributed by atoms with van der Waals surface area (Å²) in [6.45, 7) is 3.15. The summed E-state index contributed by atoms with van der Waals surface area (Å²) in [5.74, 6) is -0.216. The molecule has 0 atom stereocenters. The molecule has 1 amide bonds. The normalized spacial score (nSPS) is 9.29. The number of carbonyl (C=O) groups is 1. The van der Waals surface area contributed by atoms with E-state index in [1.165, 1.54) is 6.92 Å². The van der Waals surface area contributed by atoms with Gasteiger partial charge in [0.15, 0.2) is 0 Å². The molecule has 0 aliphatic heterocycles. The van der Waals surface area contributed by atoms with Crippen molar-refractivity contribution in [2.75, 3.05) is 5.32 Å². The number of nitrogens with zero attached hydrogens (tertiary/aromatic N) is 1. The Balaban J connectivity index is 3.29. The van der Waals surface area contributed by atoms with Gasteiger partial charge in [-0.15, -0.1) is 0 Å². The number of rotatable bonds is 1. The van der Waals surface area contributed by atoms with Gasteiger partial charge < -0.3 is 5.32 Å². The summed E-state index contributed by atoms with van der Waals surface area (Å²) in [5.41, 5.74) is 1.62. The van der Waals surface area contributed by atoms with E-state index in [-0.39, 0.29) is 5.91 Å². The summed E-state index contributed by atoms with van der Waals surface area (Å²) >= 11 is 5.87. The lowest BCUT2D eigenvalue weighted by Crippen LogP contribution is -2.09. The van der Waals surface area contributed by atoms with Gasteiger partial charge >= 0.3 is 0 Å². The molecule has 1 N–H and O–H groups in total. The topological polar surface area (TPSA) is 52.9 Å². The van der Waals surface area contributed by atoms with Crippen LogP contribution in [0.15, 0.2) is 12.1 Å². The molecule has 0 radical (unpaired) electrons. The largest absolute Gasteiger partial charge is 0.325 e. The Morgan fingerprint density at radius 2 is 2.21 bits per heavy atom. The summed E-state index contributed by atoms with van der Waals surface area (Å²) in [6.07, 6.45) is 0. The fourth-order valence-corrected chi connectivity index (χ4v) is 1.27. The first kappa shape index (κ1) is 10.6. The summed E-state index contributed by atoms with van der Waals surface area (Å²) in [5, 5.41) is 11.9. The molecule has 0 heterocycles. The van der Waals surface area contributed by atoms with Crippen LogP contribution < -0.4 is 5.32 Å². The molecule has 0 bridgehead atoms. The van der Waals surface area contributed by atoms with Crippen molar-refractivity contribution in [2.24, 2.45) is 0 Å². The predicted octanol–water partition coefficient (Wildman–Crippen LogP) is 2.48. The Morgan fingerprint density at radius 3 is 2.71 bits per heavy atom. The van der Waals surface area contributed by atoms with Crippen LogP contribution in [0.4, 0.5) is 5.69 Å². The van der Waals surface area contributed by atoms with E-state index in [0.29, 0.717) is 21.8 Å². The Hall–Kier alpha value is -1.53. The average molecular weight is 209 g/mol. The summed E-state index contributed by atoms with van der Waals surface area (Å²) < 4.78 is 0. The fourth-order valence-electron chi connectivity index (χ4n) is 1.12. The number of carbonyl (C=O) groups excluding carboxylic acids is 1. The van der Waals surface area contributed by atoms with Gasteiger partial charge in [-0.25, -0.2) is 0 Å². The minimum Gasteiger partial charge on any atom is -0.325 e. The van der Waals surface area contributed by atoms with Gasteiger partial charge in [-0.05, 0) is 24.6 Å². The maximum absolute atomic E-state index is 10.9. The van der Waals surface area contributed by atoms with Crippen LogP contribution in [0.5, 0.6) is 0 Å². The Kier molecular flexibility index (Phi) is 3.10. The zero-order valence-electron chi connectivity index (χ0n) is 7.89. The number of anilines is 1. The van der Waals surface area contributed by atoms with E-state index in [9.17, 15) is 4.79 Å². The van der Waals surface area contributed by atoms with Crippen molar-refractivity contribution >= 4 is 23.2 Å². The number of nitrogens with one attached hydrogen (secondary N) is 1. The van der Waals surface area contributed by atoms with E-state index in [4.69, 9.17) is 16.9 Å². The molecule has 1 aromatic carbocycles. The second-order valence-electron chi connectivity index (χ2n) is 2.89. The lowest BCUT2D eigenvalue weighted by atomic mass is 10.1. The smallest absolute Gasteiger partial charge is 0.221 e. The van der Waals surface area contributed by atoms with Crippen molar-refractivity contribution in [1.29, 1.82) is 5.26 Å². The standard InChI is InChI=1S/C10H9ClN2O/c1-6-9(11)4-3-8(5-12)10(6)13-7(2)14/h3-4H,1-2H3,(H,13,14). The molecule has 4 heteroatoms. The van der Waals surface area contributed by atoms with Crippen molar-refractivity contribution in [1.82, 2.24) is 0 Å². The van der Waals surface area contributed by atoms with Gasteiger partial charge in [0, 0.05) is 11.9 Å². The first-order valence-electron chi connectivity index (χ1n) is 4.03. The molecule has 0 unspecified atom stereocenters. The zero-order chi connectivity index (χ0) is 10.7. The molecule has 0 aromatic heterocycles. The third-order valence-electron chi connectivity index (χ3n) is 1.82. The van der Waals surface area contributed by atoms with Crippen LogP contribution in [0.1, 0.15) is 18.1 Å². The third kappa shape index (κ3) is 2.04. The molecule has 72 valence electrons. The fraction of sp³-hybridized carbons (Fsp3) is 0.200. The first-order chi connectivity index (χ1) is 6.56. The summed E-state index contributed by atoms with van der Waals surface area (Å²) in [6, 6.07) is 5.22. The van der Waals surface area contributed by atoms with E-state index < -0.39 is 0 Å². The summed E-state index contributed by atoms with van der Waals surface area (Å²) in [4.78, 5) is 10.9. The van der Waals surface area contributed by atoms with E-state index >= 15 is 0 Å². The van der Waals surface area contributed by atoms with E-state index in [0.717, 1.165) is 0 Å². The second-order valence-corrected chi connectivity index (χ2v) is 3.30. The highest BCUT2D eigenvalue weighted by Gasteiger charge is 2.09. The van der Waals surface area contributed by atoms with Gasteiger partial charge in [-0.3, -0.25) is 4.79 Å². The number of benzene rings is 1. The maximum atomic E-state index is 10.9. The minimum atomic E-state index is -0.216. The molecule has 3 nitrogen and oxygen atoms in total. The van der Waals surface area contributed by atoms with Crippen LogP contribution in [0.3, 0.4) is 0 Å². The van der Waals surface area contributed by atoms with Gasteiger partial charge in [0.1, 0.15) is 6.07 Å². The molecule has 0 aliphatic carbocycles. The molecule has 1 aromatic rings. The van der Waals surface area contributed by atoms with E-state index in [1.54, 1.807) is 19.1 Å². The van der Waals surface area contributed by atoms with Crippen molar-refractivity contribution in [3.63, 3.8) is 0 Å². The number of amides is 1. The highest BCUT2D eigenvalue weighted by atomic mass is 35.5. The third-order valence-corrected chi connectivity index (χ3v) is 2.23. The quantitative estimate of drug-likeness (QED) is 0.771. The number of hydrogen-bond donors (Lipinski definition) is 1. The van der Waals surface area contributed by atoms with Crippen LogP contribution in [-0.4, -0.2) is 5.91 Å². The van der Waals surface area contributed by atoms with Crippen molar-refractivity contribution < 1.29 is 4.79 Å². The van der Waals surface area contributed by atoms with Gasteiger partial charge in [0.2, 0.25) is 5.91 Å². The average Bonchev–Trinajstić information content (AvgIpc) is 2.13. The number of hydrogen-bond acceptors (Lipinski definition) is 2. The first-order valence-corrected chi connectivity index (χ1v) is 4.41. The van der Waals surface area contributed by atoms with Gasteiger partial charge in [-0.1, -0.05) is 11.6 Å². The van der Waals surface area contributed by atoms with Crippen molar-refractivity contribution in [3.8, 4) is 6.07 Å². The van der Waals surface area contributed by atoms with Gasteiger partial charge in [0.05, 0.1) is 11.3 Å². The molecule has 0 saturated heterocycles. The van der Waals surface area contributed by atoms with Crippen LogP contribution in [-0.2, 0) is 4.79 Å². The molecule has 0 spiro atoms. The number of halogens is 1. The molecule has 0 fully saturated rings. The minimum absolute atomic E-state index is 0.216. The predicted molar refractivity (Wildman–Crippen MR) is 55.2 cm³/mol. The molecule has 0 saturated carbocycles. The molecule has 1 rings (SSSR count). The summed E-state index contributed by atoms with van der Waals surface area (Å²) in [7, 11) is 0. The monoisotopic (exact) mass is 208 g/mol. The lowest BCUT2D eigenvalue weighted by Gasteiger charge is -2.09. The molecular formula is C10H9ClN2O. The SMILES string of the molecule is CC(=O)Nc1c(C#N)ccc(Cl)c1C. The Labute approximate surface area is 87.3 Å². The van der Waals surface area contributed by atoms with Crippen molar-refractivity contribution in [3.05, 3.63) is 28.3 Å². The molecular weight excluding hydrogens is 200 g/mol. The van der Waals surface area contributed by atoms with Gasteiger partial charge in [0.25, 0.3) is 0 Å². The maximum Gasteiger partial charge on any atom is 0.221 e. The Bertz CT molecular complexity index is 421. The van der Waals surface area contributed by atoms with Gasteiger partial charge in [-0.2, -0.15) is 5.26 Å². The number of nitriles is 1. The Morgan fingerprint density at radius 1 is 1.57 bits per heavy atom.